The molecule has 0 radical (unpaired) electrons. The van der Waals surface area contributed by atoms with Gasteiger partial charge in [-0.05, 0) is 62.4 Å². The van der Waals surface area contributed by atoms with Crippen molar-refractivity contribution in [2.75, 3.05) is 13.5 Å². The third-order valence-corrected chi connectivity index (χ3v) is 2.77. The Kier molecular flexibility index (Phi) is 10.1. The highest BCUT2D eigenvalue weighted by atomic mass is 35.5. The molecule has 0 heterocycles. The summed E-state index contributed by atoms with van der Waals surface area (Å²) in [6.45, 7) is 3.04. The second-order valence-electron chi connectivity index (χ2n) is 4.39. The summed E-state index contributed by atoms with van der Waals surface area (Å²) in [7, 11) is 1.60. The first-order valence-corrected chi connectivity index (χ1v) is 7.52. The Morgan fingerprint density at radius 1 is 0.826 bits per heavy atom. The van der Waals surface area contributed by atoms with Crippen LogP contribution in [0.1, 0.15) is 34.6 Å². The Balaban J connectivity index is 0.000000381. The standard InChI is InChI=1S/C9H10O2.C8H8O2.CH3Cl/c1-7(10)8-3-5-9(11-2)6-4-8;1-6(9)7-2-4-8(10)5-3-7;1-2/h3-6H,1-2H3;2-5,10H,1H3;1H3. The van der Waals surface area contributed by atoms with E-state index < -0.39 is 0 Å². The molecule has 23 heavy (non-hydrogen) atoms. The zero-order chi connectivity index (χ0) is 17.8. The molecule has 0 amide bonds. The van der Waals surface area contributed by atoms with Crippen molar-refractivity contribution in [1.29, 1.82) is 0 Å². The van der Waals surface area contributed by atoms with Crippen LogP contribution in [0.15, 0.2) is 48.5 Å². The average Bonchev–Trinajstić information content (AvgIpc) is 2.57. The first kappa shape index (κ1) is 20.7. The average molecular weight is 337 g/mol. The predicted molar refractivity (Wildman–Crippen MR) is 92.9 cm³/mol. The molecule has 5 heteroatoms. The molecular formula is C18H21ClO4. The van der Waals surface area contributed by atoms with Crippen LogP contribution in [0.5, 0.6) is 11.5 Å². The van der Waals surface area contributed by atoms with E-state index in [9.17, 15) is 9.59 Å². The van der Waals surface area contributed by atoms with Gasteiger partial charge in [0, 0.05) is 17.5 Å². The molecule has 2 aromatic rings. The summed E-state index contributed by atoms with van der Waals surface area (Å²) < 4.78 is 4.94. The maximum atomic E-state index is 10.8. The first-order chi connectivity index (χ1) is 10.9. The van der Waals surface area contributed by atoms with E-state index in [0.717, 1.165) is 5.75 Å². The number of rotatable bonds is 3. The Labute approximate surface area is 141 Å². The maximum absolute atomic E-state index is 10.8. The van der Waals surface area contributed by atoms with Gasteiger partial charge in [0.2, 0.25) is 0 Å². The van der Waals surface area contributed by atoms with Crippen LogP contribution in [-0.4, -0.2) is 30.2 Å². The number of hydrogen-bond acceptors (Lipinski definition) is 4. The molecular weight excluding hydrogens is 316 g/mol. The Hall–Kier alpha value is -2.33. The number of hydrogen-bond donors (Lipinski definition) is 1. The highest BCUT2D eigenvalue weighted by Gasteiger charge is 1.97. The van der Waals surface area contributed by atoms with Crippen LogP contribution in [-0.2, 0) is 0 Å². The molecule has 0 aliphatic carbocycles. The Morgan fingerprint density at radius 2 is 1.17 bits per heavy atom. The van der Waals surface area contributed by atoms with Gasteiger partial charge in [-0.3, -0.25) is 9.59 Å². The second kappa shape index (κ2) is 11.3. The van der Waals surface area contributed by atoms with Crippen LogP contribution in [0.4, 0.5) is 0 Å². The highest BCUT2D eigenvalue weighted by molar-refractivity contribution is 6.15. The second-order valence-corrected chi connectivity index (χ2v) is 4.39. The number of carbonyl (C=O) groups excluding carboxylic acids is 2. The van der Waals surface area contributed by atoms with E-state index in [-0.39, 0.29) is 17.3 Å². The predicted octanol–water partition coefficient (Wildman–Crippen LogP) is 4.35. The lowest BCUT2D eigenvalue weighted by Gasteiger charge is -1.98. The van der Waals surface area contributed by atoms with Gasteiger partial charge >= 0.3 is 0 Å². The van der Waals surface area contributed by atoms with Crippen molar-refractivity contribution in [2.24, 2.45) is 0 Å². The number of ketones is 2. The monoisotopic (exact) mass is 336 g/mol. The van der Waals surface area contributed by atoms with Crippen LogP contribution in [0.25, 0.3) is 0 Å². The summed E-state index contributed by atoms with van der Waals surface area (Å²) in [5.41, 5.74) is 1.34. The Morgan fingerprint density at radius 3 is 1.48 bits per heavy atom. The van der Waals surface area contributed by atoms with Crippen molar-refractivity contribution in [3.63, 3.8) is 0 Å². The number of methoxy groups -OCH3 is 1. The SMILES string of the molecule is CC(=O)c1ccc(O)cc1.CCl.COc1ccc(C(C)=O)cc1. The fraction of sp³-hybridized carbons (Fsp3) is 0.222. The molecule has 124 valence electrons. The molecule has 0 spiro atoms. The van der Waals surface area contributed by atoms with Gasteiger partial charge < -0.3 is 9.84 Å². The zero-order valence-electron chi connectivity index (χ0n) is 13.7. The third kappa shape index (κ3) is 8.02. The van der Waals surface area contributed by atoms with Gasteiger partial charge in [-0.25, -0.2) is 0 Å². The van der Waals surface area contributed by atoms with E-state index in [1.54, 1.807) is 50.4 Å². The molecule has 0 aliphatic rings. The molecule has 4 nitrogen and oxygen atoms in total. The van der Waals surface area contributed by atoms with Gasteiger partial charge in [0.15, 0.2) is 11.6 Å². The van der Waals surface area contributed by atoms with Gasteiger partial charge in [0.05, 0.1) is 7.11 Å². The van der Waals surface area contributed by atoms with Crippen LogP contribution in [0.3, 0.4) is 0 Å². The van der Waals surface area contributed by atoms with E-state index in [2.05, 4.69) is 11.6 Å². The van der Waals surface area contributed by atoms with Crippen LogP contribution in [0.2, 0.25) is 0 Å². The van der Waals surface area contributed by atoms with Gasteiger partial charge in [-0.15, -0.1) is 11.6 Å². The van der Waals surface area contributed by atoms with Crippen molar-refractivity contribution in [2.45, 2.75) is 13.8 Å². The molecule has 0 atom stereocenters. The molecule has 2 aromatic carbocycles. The molecule has 0 aliphatic heterocycles. The Bertz CT molecular complexity index is 604. The number of halogens is 1. The summed E-state index contributed by atoms with van der Waals surface area (Å²) >= 11 is 4.64. The number of benzene rings is 2. The summed E-state index contributed by atoms with van der Waals surface area (Å²) in [5, 5.41) is 8.83. The number of carbonyl (C=O) groups is 2. The van der Waals surface area contributed by atoms with E-state index in [0.29, 0.717) is 11.1 Å². The van der Waals surface area contributed by atoms with Crippen molar-refractivity contribution < 1.29 is 19.4 Å². The quantitative estimate of drug-likeness (QED) is 0.668. The molecule has 2 rings (SSSR count). The number of aromatic hydroxyl groups is 1. The minimum absolute atomic E-state index is 0.0139. The van der Waals surface area contributed by atoms with Gasteiger partial charge in [0.25, 0.3) is 0 Å². The minimum atomic E-state index is 0.0139. The van der Waals surface area contributed by atoms with E-state index in [4.69, 9.17) is 9.84 Å². The van der Waals surface area contributed by atoms with Crippen LogP contribution < -0.4 is 4.74 Å². The number of ether oxygens (including phenoxy) is 1. The van der Waals surface area contributed by atoms with Crippen molar-refractivity contribution in [3.8, 4) is 11.5 Å². The van der Waals surface area contributed by atoms with Crippen molar-refractivity contribution in [3.05, 3.63) is 59.7 Å². The fourth-order valence-corrected chi connectivity index (χ4v) is 1.52. The summed E-state index contributed by atoms with van der Waals surface area (Å²) in [5.74, 6) is 1.05. The smallest absolute Gasteiger partial charge is 0.159 e. The van der Waals surface area contributed by atoms with Crippen LogP contribution >= 0.6 is 11.6 Å². The third-order valence-electron chi connectivity index (χ3n) is 2.77. The normalized spacial score (nSPS) is 8.74. The molecule has 0 bridgehead atoms. The van der Waals surface area contributed by atoms with E-state index in [1.165, 1.54) is 25.4 Å². The minimum Gasteiger partial charge on any atom is -0.508 e. The molecule has 0 aromatic heterocycles. The number of Topliss-reactive ketones (excluding diaryl/α,β-unsaturated/α-hetero) is 2. The zero-order valence-corrected chi connectivity index (χ0v) is 14.4. The highest BCUT2D eigenvalue weighted by Crippen LogP contribution is 2.11. The number of alkyl halides is 1. The molecule has 0 fully saturated rings. The maximum Gasteiger partial charge on any atom is 0.159 e. The van der Waals surface area contributed by atoms with Gasteiger partial charge in [0.1, 0.15) is 11.5 Å². The molecule has 0 saturated heterocycles. The van der Waals surface area contributed by atoms with Crippen molar-refractivity contribution in [1.82, 2.24) is 0 Å². The molecule has 0 unspecified atom stereocenters. The fourth-order valence-electron chi connectivity index (χ4n) is 1.52. The number of phenolic OH excluding ortho intramolecular Hbond substituents is 1. The molecule has 1 N–H and O–H groups in total. The van der Waals surface area contributed by atoms with E-state index in [1.807, 2.05) is 0 Å². The largest absolute Gasteiger partial charge is 0.508 e. The summed E-state index contributed by atoms with van der Waals surface area (Å²) in [6, 6.07) is 13.2. The molecule has 0 saturated carbocycles. The van der Waals surface area contributed by atoms with Gasteiger partial charge in [-0.2, -0.15) is 0 Å². The van der Waals surface area contributed by atoms with E-state index >= 15 is 0 Å². The van der Waals surface area contributed by atoms with Crippen LogP contribution in [0, 0.1) is 0 Å². The topological polar surface area (TPSA) is 63.6 Å². The van der Waals surface area contributed by atoms with Gasteiger partial charge in [-0.1, -0.05) is 0 Å². The summed E-state index contributed by atoms with van der Waals surface area (Å²) in [6.07, 6.45) is 1.47. The lowest BCUT2D eigenvalue weighted by Crippen LogP contribution is -1.91. The summed E-state index contributed by atoms with van der Waals surface area (Å²) in [4.78, 5) is 21.5. The number of phenols is 1. The van der Waals surface area contributed by atoms with Crippen molar-refractivity contribution >= 4 is 23.2 Å². The lowest BCUT2D eigenvalue weighted by molar-refractivity contribution is 0.100. The lowest BCUT2D eigenvalue weighted by atomic mass is 10.1. The first-order valence-electron chi connectivity index (χ1n) is 6.76.